The van der Waals surface area contributed by atoms with Gasteiger partial charge in [-0.3, -0.25) is 4.79 Å². The Hall–Kier alpha value is -3.70. The summed E-state index contributed by atoms with van der Waals surface area (Å²) < 4.78 is 18.9. The molecule has 3 aromatic carbocycles. The van der Waals surface area contributed by atoms with Gasteiger partial charge in [-0.15, -0.1) is 0 Å². The molecule has 0 aliphatic heterocycles. The van der Waals surface area contributed by atoms with Crippen LogP contribution in [-0.2, 0) is 4.79 Å². The molecule has 0 aliphatic carbocycles. The second-order valence-electron chi connectivity index (χ2n) is 6.98. The van der Waals surface area contributed by atoms with E-state index in [1.165, 1.54) is 12.1 Å². The molecule has 0 saturated heterocycles. The van der Waals surface area contributed by atoms with Gasteiger partial charge in [0.25, 0.3) is 5.91 Å². The Kier molecular flexibility index (Phi) is 6.01. The number of benzene rings is 3. The molecule has 0 aliphatic rings. The first-order valence-electron chi connectivity index (χ1n) is 9.75. The number of anilines is 1. The lowest BCUT2D eigenvalue weighted by Gasteiger charge is -2.22. The average molecular weight is 401 g/mol. The summed E-state index contributed by atoms with van der Waals surface area (Å²) in [4.78, 5) is 13.3. The van der Waals surface area contributed by atoms with Crippen molar-refractivity contribution in [2.75, 3.05) is 5.32 Å². The molecule has 4 rings (SSSR count). The summed E-state index contributed by atoms with van der Waals surface area (Å²) >= 11 is 0. The maximum atomic E-state index is 13.3. The summed E-state index contributed by atoms with van der Waals surface area (Å²) in [5.41, 5.74) is 2.44. The summed E-state index contributed by atoms with van der Waals surface area (Å²) in [5.74, 6) is 0.221. The van der Waals surface area contributed by atoms with E-state index in [0.29, 0.717) is 5.69 Å². The molecule has 2 atom stereocenters. The van der Waals surface area contributed by atoms with Crippen molar-refractivity contribution in [2.24, 2.45) is 0 Å². The summed E-state index contributed by atoms with van der Waals surface area (Å²) in [6.07, 6.45) is 1.63. The predicted molar refractivity (Wildman–Crippen MR) is 113 cm³/mol. The van der Waals surface area contributed by atoms with Crippen LogP contribution in [0.15, 0.2) is 108 Å². The summed E-state index contributed by atoms with van der Waals surface area (Å²) in [6.45, 7) is 0. The largest absolute Gasteiger partial charge is 0.463 e. The molecule has 1 heterocycles. The highest BCUT2D eigenvalue weighted by atomic mass is 19.1. The van der Waals surface area contributed by atoms with E-state index < -0.39 is 6.04 Å². The zero-order valence-corrected chi connectivity index (χ0v) is 16.2. The number of hydrogen-bond donors (Lipinski definition) is 2. The van der Waals surface area contributed by atoms with E-state index in [0.717, 1.165) is 16.9 Å². The molecule has 4 nitrogen and oxygen atoms in total. The third kappa shape index (κ3) is 4.64. The van der Waals surface area contributed by atoms with E-state index in [4.69, 9.17) is 4.42 Å². The molecule has 5 heteroatoms. The van der Waals surface area contributed by atoms with E-state index in [-0.39, 0.29) is 17.8 Å². The molecular weight excluding hydrogens is 379 g/mol. The van der Waals surface area contributed by atoms with Crippen molar-refractivity contribution in [2.45, 2.75) is 12.1 Å². The molecular formula is C25H22FN2O2+. The van der Waals surface area contributed by atoms with Gasteiger partial charge < -0.3 is 15.1 Å². The molecule has 0 bridgehead atoms. The number of halogens is 1. The number of amides is 1. The van der Waals surface area contributed by atoms with Gasteiger partial charge in [0, 0.05) is 16.8 Å². The molecule has 0 fully saturated rings. The topological polar surface area (TPSA) is 58.9 Å². The van der Waals surface area contributed by atoms with Crippen molar-refractivity contribution in [3.8, 4) is 0 Å². The van der Waals surface area contributed by atoms with Crippen molar-refractivity contribution in [1.29, 1.82) is 0 Å². The second kappa shape index (κ2) is 9.20. The van der Waals surface area contributed by atoms with Crippen LogP contribution in [-0.4, -0.2) is 5.91 Å². The highest BCUT2D eigenvalue weighted by Crippen LogP contribution is 2.21. The average Bonchev–Trinajstić information content (AvgIpc) is 3.32. The van der Waals surface area contributed by atoms with Crippen LogP contribution in [0.5, 0.6) is 0 Å². The number of nitrogens with two attached hydrogens (primary N) is 1. The minimum Gasteiger partial charge on any atom is -0.463 e. The Morgan fingerprint density at radius 3 is 2.03 bits per heavy atom. The Bertz CT molecular complexity index is 1070. The number of quaternary nitrogens is 1. The van der Waals surface area contributed by atoms with Gasteiger partial charge in [0.15, 0.2) is 17.8 Å². The van der Waals surface area contributed by atoms with Gasteiger partial charge in [0.05, 0.1) is 6.26 Å². The molecule has 30 heavy (non-hydrogen) atoms. The minimum atomic E-state index is -0.536. The van der Waals surface area contributed by atoms with Crippen LogP contribution in [0.4, 0.5) is 10.1 Å². The Balaban J connectivity index is 1.66. The lowest BCUT2D eigenvalue weighted by atomic mass is 10.00. The van der Waals surface area contributed by atoms with Gasteiger partial charge in [0.1, 0.15) is 5.82 Å². The summed E-state index contributed by atoms with van der Waals surface area (Å²) in [7, 11) is 0. The van der Waals surface area contributed by atoms with Gasteiger partial charge in [-0.2, -0.15) is 0 Å². The van der Waals surface area contributed by atoms with E-state index in [9.17, 15) is 9.18 Å². The van der Waals surface area contributed by atoms with Gasteiger partial charge in [-0.05, 0) is 36.4 Å². The van der Waals surface area contributed by atoms with Crippen LogP contribution < -0.4 is 10.6 Å². The first-order valence-corrected chi connectivity index (χ1v) is 9.75. The maximum Gasteiger partial charge on any atom is 0.287 e. The molecule has 0 unspecified atom stereocenters. The third-order valence-corrected chi connectivity index (χ3v) is 4.95. The molecule has 0 saturated carbocycles. The fourth-order valence-electron chi connectivity index (χ4n) is 3.45. The first kappa shape index (κ1) is 19.6. The predicted octanol–water partition coefficient (Wildman–Crippen LogP) is 4.45. The van der Waals surface area contributed by atoms with Crippen molar-refractivity contribution in [3.63, 3.8) is 0 Å². The molecule has 150 valence electrons. The van der Waals surface area contributed by atoms with Crippen LogP contribution in [0.3, 0.4) is 0 Å². The van der Waals surface area contributed by atoms with Crippen molar-refractivity contribution >= 4 is 11.6 Å². The van der Waals surface area contributed by atoms with Crippen molar-refractivity contribution in [1.82, 2.24) is 0 Å². The monoisotopic (exact) mass is 401 g/mol. The zero-order valence-electron chi connectivity index (χ0n) is 16.2. The number of furan rings is 1. The highest BCUT2D eigenvalue weighted by molar-refractivity contribution is 5.94. The third-order valence-electron chi connectivity index (χ3n) is 4.95. The lowest BCUT2D eigenvalue weighted by molar-refractivity contribution is -0.715. The van der Waals surface area contributed by atoms with E-state index in [1.807, 2.05) is 78.1 Å². The normalized spacial score (nSPS) is 12.8. The first-order chi connectivity index (χ1) is 14.7. The van der Waals surface area contributed by atoms with Crippen molar-refractivity contribution < 1.29 is 18.9 Å². The number of carbonyl (C=O) groups excluding carboxylic acids is 1. The smallest absolute Gasteiger partial charge is 0.287 e. The SMILES string of the molecule is O=C(Nc1ccc(F)cc1)[C@@H]([NH2+][C@H](c1ccccc1)c1ccco1)c1ccccc1. The van der Waals surface area contributed by atoms with Crippen LogP contribution in [0.1, 0.15) is 29.0 Å². The van der Waals surface area contributed by atoms with E-state index in [1.54, 1.807) is 18.4 Å². The van der Waals surface area contributed by atoms with Crippen LogP contribution in [0.2, 0.25) is 0 Å². The van der Waals surface area contributed by atoms with Gasteiger partial charge in [-0.25, -0.2) is 4.39 Å². The number of nitrogens with one attached hydrogen (secondary N) is 1. The number of hydrogen-bond acceptors (Lipinski definition) is 2. The molecule has 0 spiro atoms. The Morgan fingerprint density at radius 1 is 0.800 bits per heavy atom. The fraction of sp³-hybridized carbons (Fsp3) is 0.0800. The summed E-state index contributed by atoms with van der Waals surface area (Å²) in [5, 5.41) is 4.89. The molecule has 0 radical (unpaired) electrons. The zero-order chi connectivity index (χ0) is 20.8. The van der Waals surface area contributed by atoms with Gasteiger partial charge >= 0.3 is 0 Å². The highest BCUT2D eigenvalue weighted by Gasteiger charge is 2.31. The molecule has 1 amide bonds. The Morgan fingerprint density at radius 2 is 1.43 bits per heavy atom. The minimum absolute atomic E-state index is 0.194. The Labute approximate surface area is 174 Å². The van der Waals surface area contributed by atoms with E-state index in [2.05, 4.69) is 5.32 Å². The second-order valence-corrected chi connectivity index (χ2v) is 6.98. The molecule has 3 N–H and O–H groups in total. The van der Waals surface area contributed by atoms with E-state index >= 15 is 0 Å². The quantitative estimate of drug-likeness (QED) is 0.481. The standard InChI is InChI=1S/C25H21FN2O2/c26-20-13-15-21(16-14-20)27-25(29)24(19-10-5-2-6-11-19)28-23(22-12-7-17-30-22)18-8-3-1-4-9-18/h1-17,23-24,28H,(H,27,29)/p+1/t23-,24+/m1/s1. The maximum absolute atomic E-state index is 13.3. The van der Waals surface area contributed by atoms with Crippen LogP contribution >= 0.6 is 0 Å². The molecule has 4 aromatic rings. The van der Waals surface area contributed by atoms with Crippen molar-refractivity contribution in [3.05, 3.63) is 126 Å². The lowest BCUT2D eigenvalue weighted by Crippen LogP contribution is -2.88. The number of rotatable bonds is 7. The van der Waals surface area contributed by atoms with Gasteiger partial charge in [0.2, 0.25) is 0 Å². The molecule has 1 aromatic heterocycles. The van der Waals surface area contributed by atoms with Crippen LogP contribution in [0.25, 0.3) is 0 Å². The van der Waals surface area contributed by atoms with Gasteiger partial charge in [-0.1, -0.05) is 60.7 Å². The summed E-state index contributed by atoms with van der Waals surface area (Å²) in [6, 6.07) is 28.3. The number of carbonyl (C=O) groups is 1. The van der Waals surface area contributed by atoms with Crippen LogP contribution in [0, 0.1) is 5.82 Å². The fourth-order valence-corrected chi connectivity index (χ4v) is 3.45.